The minimum absolute atomic E-state index is 0.0690. The van der Waals surface area contributed by atoms with Crippen LogP contribution >= 0.6 is 24.0 Å². The smallest absolute Gasteiger partial charge is 0.339 e. The van der Waals surface area contributed by atoms with Crippen molar-refractivity contribution in [2.45, 2.75) is 18.7 Å². The first-order valence-electron chi connectivity index (χ1n) is 8.01. The molecule has 0 atom stereocenters. The summed E-state index contributed by atoms with van der Waals surface area (Å²) in [6.45, 7) is 3.75. The maximum absolute atomic E-state index is 12.6. The van der Waals surface area contributed by atoms with E-state index >= 15 is 0 Å². The van der Waals surface area contributed by atoms with Gasteiger partial charge in [-0.3, -0.25) is 9.69 Å². The molecule has 0 radical (unpaired) electrons. The van der Waals surface area contributed by atoms with Gasteiger partial charge in [0.15, 0.2) is 0 Å². The zero-order valence-corrected chi connectivity index (χ0v) is 17.4. The highest BCUT2D eigenvalue weighted by molar-refractivity contribution is 8.26. The molecule has 0 spiro atoms. The van der Waals surface area contributed by atoms with Crippen LogP contribution in [0.1, 0.15) is 16.7 Å². The molecule has 1 heterocycles. The van der Waals surface area contributed by atoms with Crippen LogP contribution in [-0.2, 0) is 14.9 Å². The summed E-state index contributed by atoms with van der Waals surface area (Å²) >= 11 is 6.30. The number of hydrogen-bond acceptors (Lipinski definition) is 6. The fraction of sp³-hybridized carbons (Fsp3) is 0.158. The van der Waals surface area contributed by atoms with Crippen LogP contribution in [0.25, 0.3) is 6.08 Å². The van der Waals surface area contributed by atoms with E-state index in [9.17, 15) is 13.2 Å². The van der Waals surface area contributed by atoms with Gasteiger partial charge in [-0.2, -0.15) is 8.42 Å². The van der Waals surface area contributed by atoms with Crippen molar-refractivity contribution in [1.29, 1.82) is 0 Å². The number of carbonyl (C=O) groups is 1. The van der Waals surface area contributed by atoms with Crippen LogP contribution in [0.4, 0.5) is 0 Å². The number of thiocarbonyl (C=S) groups is 1. The molecule has 5 nitrogen and oxygen atoms in total. The Morgan fingerprint density at radius 2 is 1.70 bits per heavy atom. The molecule has 0 aliphatic carbocycles. The monoisotopic (exact) mass is 419 g/mol. The zero-order valence-electron chi connectivity index (χ0n) is 14.9. The highest BCUT2D eigenvalue weighted by Gasteiger charge is 2.29. The van der Waals surface area contributed by atoms with E-state index in [1.165, 1.54) is 28.8 Å². The second-order valence-corrected chi connectivity index (χ2v) is 9.35. The van der Waals surface area contributed by atoms with Gasteiger partial charge in [0, 0.05) is 12.6 Å². The van der Waals surface area contributed by atoms with E-state index in [0.717, 1.165) is 11.1 Å². The van der Waals surface area contributed by atoms with Gasteiger partial charge in [-0.1, -0.05) is 53.3 Å². The minimum Gasteiger partial charge on any atom is -0.378 e. The van der Waals surface area contributed by atoms with Crippen LogP contribution in [0.3, 0.4) is 0 Å². The average molecular weight is 420 g/mol. The third kappa shape index (κ3) is 4.23. The number of rotatable bonds is 4. The van der Waals surface area contributed by atoms with Crippen LogP contribution in [-0.4, -0.2) is 30.6 Å². The highest BCUT2D eigenvalue weighted by Crippen LogP contribution is 2.34. The molecular formula is C19H17NO4S3. The molecule has 0 saturated carbocycles. The van der Waals surface area contributed by atoms with E-state index in [4.69, 9.17) is 16.4 Å². The Morgan fingerprint density at radius 3 is 2.30 bits per heavy atom. The van der Waals surface area contributed by atoms with Crippen molar-refractivity contribution in [3.63, 3.8) is 0 Å². The van der Waals surface area contributed by atoms with E-state index in [2.05, 4.69) is 0 Å². The molecule has 1 aliphatic rings. The van der Waals surface area contributed by atoms with Crippen LogP contribution in [0.5, 0.6) is 5.75 Å². The molecule has 8 heteroatoms. The van der Waals surface area contributed by atoms with Crippen molar-refractivity contribution < 1.29 is 17.4 Å². The number of carbonyl (C=O) groups excluding carboxylic acids is 1. The first-order valence-corrected chi connectivity index (χ1v) is 10.6. The van der Waals surface area contributed by atoms with E-state index < -0.39 is 10.1 Å². The molecule has 1 saturated heterocycles. The Bertz CT molecular complexity index is 1060. The third-order valence-corrected chi connectivity index (χ3v) is 6.68. The number of amides is 1. The van der Waals surface area contributed by atoms with Crippen LogP contribution in [0.15, 0.2) is 52.3 Å². The van der Waals surface area contributed by atoms with Crippen molar-refractivity contribution >= 4 is 50.4 Å². The number of thioether (sulfide) groups is 1. The maximum Gasteiger partial charge on any atom is 0.339 e. The number of aryl methyl sites for hydroxylation is 2. The second-order valence-electron chi connectivity index (χ2n) is 6.13. The molecule has 2 aromatic rings. The molecular weight excluding hydrogens is 402 g/mol. The first kappa shape index (κ1) is 19.6. The van der Waals surface area contributed by atoms with Gasteiger partial charge in [0.25, 0.3) is 5.91 Å². The Morgan fingerprint density at radius 1 is 1.07 bits per heavy atom. The number of likely N-dealkylation sites (N-methyl/N-ethyl adjacent to an activating group) is 1. The van der Waals surface area contributed by atoms with Crippen molar-refractivity contribution in [3.05, 3.63) is 64.1 Å². The summed E-state index contributed by atoms with van der Waals surface area (Å²) in [7, 11) is -2.39. The summed E-state index contributed by atoms with van der Waals surface area (Å²) in [6, 6.07) is 11.5. The van der Waals surface area contributed by atoms with Crippen LogP contribution in [0, 0.1) is 13.8 Å². The summed E-state index contributed by atoms with van der Waals surface area (Å²) in [4.78, 5) is 14.1. The molecule has 1 aliphatic heterocycles. The van der Waals surface area contributed by atoms with Crippen molar-refractivity contribution in [2.75, 3.05) is 7.05 Å². The van der Waals surface area contributed by atoms with Gasteiger partial charge < -0.3 is 4.18 Å². The van der Waals surface area contributed by atoms with E-state index in [-0.39, 0.29) is 16.6 Å². The summed E-state index contributed by atoms with van der Waals surface area (Å²) in [5.41, 5.74) is 2.36. The lowest BCUT2D eigenvalue weighted by Gasteiger charge is -2.11. The number of benzene rings is 2. The van der Waals surface area contributed by atoms with Crippen molar-refractivity contribution in [3.8, 4) is 5.75 Å². The number of hydrogen-bond donors (Lipinski definition) is 0. The van der Waals surface area contributed by atoms with E-state index in [0.29, 0.717) is 14.8 Å². The van der Waals surface area contributed by atoms with E-state index in [1.54, 1.807) is 43.5 Å². The van der Waals surface area contributed by atoms with Crippen molar-refractivity contribution in [1.82, 2.24) is 4.90 Å². The van der Waals surface area contributed by atoms with Gasteiger partial charge >= 0.3 is 10.1 Å². The van der Waals surface area contributed by atoms with E-state index in [1.807, 2.05) is 13.8 Å². The lowest BCUT2D eigenvalue weighted by Crippen LogP contribution is -2.22. The Balaban J connectivity index is 1.99. The molecule has 0 unspecified atom stereocenters. The average Bonchev–Trinajstić information content (AvgIpc) is 2.84. The molecule has 1 amide bonds. The predicted molar refractivity (Wildman–Crippen MR) is 111 cm³/mol. The summed E-state index contributed by atoms with van der Waals surface area (Å²) in [5, 5.41) is 0. The fourth-order valence-electron chi connectivity index (χ4n) is 2.41. The predicted octanol–water partition coefficient (Wildman–Crippen LogP) is 3.90. The Hall–Kier alpha value is -2.16. The van der Waals surface area contributed by atoms with Gasteiger partial charge in [-0.25, -0.2) is 0 Å². The van der Waals surface area contributed by atoms with Gasteiger partial charge in [0.1, 0.15) is 15.0 Å². The summed E-state index contributed by atoms with van der Waals surface area (Å²) in [6.07, 6.45) is 1.61. The molecule has 3 rings (SSSR count). The molecule has 140 valence electrons. The van der Waals surface area contributed by atoms with Crippen LogP contribution in [0.2, 0.25) is 0 Å². The Kier molecular flexibility index (Phi) is 5.41. The van der Waals surface area contributed by atoms with Gasteiger partial charge in [0.05, 0.1) is 4.91 Å². The van der Waals surface area contributed by atoms with Gasteiger partial charge in [-0.15, -0.1) is 0 Å². The first-order chi connectivity index (χ1) is 12.7. The third-order valence-electron chi connectivity index (χ3n) is 3.95. The van der Waals surface area contributed by atoms with Crippen molar-refractivity contribution in [2.24, 2.45) is 0 Å². The minimum atomic E-state index is -3.99. The molecule has 0 aromatic heterocycles. The van der Waals surface area contributed by atoms with Gasteiger partial charge in [0.2, 0.25) is 0 Å². The fourth-order valence-corrected chi connectivity index (χ4v) is 4.54. The largest absolute Gasteiger partial charge is 0.378 e. The molecule has 0 N–H and O–H groups in total. The normalized spacial score (nSPS) is 16.3. The Labute approximate surface area is 168 Å². The van der Waals surface area contributed by atoms with Gasteiger partial charge in [-0.05, 0) is 44.2 Å². The second kappa shape index (κ2) is 7.46. The lowest BCUT2D eigenvalue weighted by molar-refractivity contribution is -0.121. The molecule has 27 heavy (non-hydrogen) atoms. The SMILES string of the molecule is Cc1ccc(S(=O)(=O)Oc2ccc(C)cc2C=C2SC(=S)N(C)C2=O)cc1. The number of nitrogens with zero attached hydrogens (tertiary/aromatic N) is 1. The molecule has 1 fully saturated rings. The van der Waals surface area contributed by atoms with Crippen LogP contribution < -0.4 is 4.18 Å². The standard InChI is InChI=1S/C19H17NO4S3/c1-12-4-7-15(8-5-12)27(22,23)24-16-9-6-13(2)10-14(16)11-17-18(21)20(3)19(25)26-17/h4-11H,1-3H3. The molecule has 0 bridgehead atoms. The molecule has 2 aromatic carbocycles. The maximum atomic E-state index is 12.6. The summed E-state index contributed by atoms with van der Waals surface area (Å²) in [5.74, 6) is -0.0682. The quantitative estimate of drug-likeness (QED) is 0.425. The topological polar surface area (TPSA) is 63.7 Å². The summed E-state index contributed by atoms with van der Waals surface area (Å²) < 4.78 is 31.0. The lowest BCUT2D eigenvalue weighted by atomic mass is 10.1. The zero-order chi connectivity index (χ0) is 19.8. The highest BCUT2D eigenvalue weighted by atomic mass is 32.2.